The Morgan fingerprint density at radius 1 is 1.11 bits per heavy atom. The summed E-state index contributed by atoms with van der Waals surface area (Å²) in [7, 11) is 0. The Kier molecular flexibility index (Phi) is 3.53. The van der Waals surface area contributed by atoms with E-state index in [1.807, 2.05) is 42.5 Å². The van der Waals surface area contributed by atoms with Crippen LogP contribution in [0.15, 0.2) is 54.6 Å². The molecule has 3 nitrogen and oxygen atoms in total. The number of nitrogens with two attached hydrogens (primary N) is 1. The van der Waals surface area contributed by atoms with Crippen molar-refractivity contribution in [3.8, 4) is 5.75 Å². The molecule has 0 aliphatic carbocycles. The lowest BCUT2D eigenvalue weighted by molar-refractivity contribution is 0.00762. The molecular formula is C15H17NO2. The average Bonchev–Trinajstić information content (AvgIpc) is 2.38. The molecule has 2 aromatic rings. The summed E-state index contributed by atoms with van der Waals surface area (Å²) in [5, 5.41) is 10.4. The van der Waals surface area contributed by atoms with E-state index >= 15 is 0 Å². The van der Waals surface area contributed by atoms with Crippen LogP contribution in [0, 0.1) is 0 Å². The van der Waals surface area contributed by atoms with E-state index in [-0.39, 0.29) is 6.61 Å². The zero-order valence-corrected chi connectivity index (χ0v) is 10.3. The Labute approximate surface area is 107 Å². The van der Waals surface area contributed by atoms with Gasteiger partial charge in [0, 0.05) is 11.8 Å². The molecular weight excluding hydrogens is 226 g/mol. The summed E-state index contributed by atoms with van der Waals surface area (Å²) in [6.45, 7) is 1.91. The fraction of sp³-hybridized carbons (Fsp3) is 0.200. The molecule has 94 valence electrons. The Bertz CT molecular complexity index is 509. The van der Waals surface area contributed by atoms with E-state index in [1.54, 1.807) is 19.1 Å². The molecule has 2 rings (SSSR count). The number of nitrogen functional groups attached to an aromatic ring is 1. The summed E-state index contributed by atoms with van der Waals surface area (Å²) in [5.74, 6) is 0.659. The molecule has 0 heterocycles. The van der Waals surface area contributed by atoms with Crippen molar-refractivity contribution in [3.63, 3.8) is 0 Å². The second-order valence-corrected chi connectivity index (χ2v) is 4.50. The van der Waals surface area contributed by atoms with Crippen molar-refractivity contribution in [1.82, 2.24) is 0 Å². The van der Waals surface area contributed by atoms with E-state index in [1.165, 1.54) is 0 Å². The molecule has 3 N–H and O–H groups in total. The Balaban J connectivity index is 2.05. The van der Waals surface area contributed by atoms with E-state index in [2.05, 4.69) is 0 Å². The van der Waals surface area contributed by atoms with Crippen LogP contribution in [0.5, 0.6) is 5.75 Å². The first kappa shape index (κ1) is 12.5. The van der Waals surface area contributed by atoms with Gasteiger partial charge in [0.05, 0.1) is 0 Å². The van der Waals surface area contributed by atoms with Crippen molar-refractivity contribution in [2.24, 2.45) is 0 Å². The monoisotopic (exact) mass is 243 g/mol. The van der Waals surface area contributed by atoms with Gasteiger partial charge < -0.3 is 15.6 Å². The summed E-state index contributed by atoms with van der Waals surface area (Å²) in [6, 6.07) is 16.6. The number of rotatable bonds is 4. The van der Waals surface area contributed by atoms with Crippen LogP contribution in [-0.4, -0.2) is 11.7 Å². The van der Waals surface area contributed by atoms with Crippen molar-refractivity contribution in [1.29, 1.82) is 0 Å². The van der Waals surface area contributed by atoms with Gasteiger partial charge in [0.15, 0.2) is 0 Å². The molecule has 0 aromatic heterocycles. The van der Waals surface area contributed by atoms with E-state index in [9.17, 15) is 5.11 Å². The van der Waals surface area contributed by atoms with E-state index < -0.39 is 5.60 Å². The maximum atomic E-state index is 10.4. The molecule has 0 fully saturated rings. The van der Waals surface area contributed by atoms with Gasteiger partial charge in [-0.1, -0.05) is 36.4 Å². The third-order valence-electron chi connectivity index (χ3n) is 2.77. The fourth-order valence-electron chi connectivity index (χ4n) is 1.71. The van der Waals surface area contributed by atoms with Gasteiger partial charge in [0.2, 0.25) is 0 Å². The lowest BCUT2D eigenvalue weighted by Crippen LogP contribution is -2.29. The van der Waals surface area contributed by atoms with Crippen molar-refractivity contribution in [3.05, 3.63) is 60.2 Å². The minimum Gasteiger partial charge on any atom is -0.490 e. The summed E-state index contributed by atoms with van der Waals surface area (Å²) in [5.41, 5.74) is 6.12. The van der Waals surface area contributed by atoms with Crippen molar-refractivity contribution in [2.75, 3.05) is 12.3 Å². The average molecular weight is 243 g/mol. The highest BCUT2D eigenvalue weighted by atomic mass is 16.5. The lowest BCUT2D eigenvalue weighted by atomic mass is 9.97. The molecule has 18 heavy (non-hydrogen) atoms. The predicted molar refractivity (Wildman–Crippen MR) is 72.4 cm³/mol. The molecule has 1 atom stereocenters. The number of hydrogen-bond donors (Lipinski definition) is 2. The van der Waals surface area contributed by atoms with Crippen molar-refractivity contribution < 1.29 is 9.84 Å². The zero-order valence-electron chi connectivity index (χ0n) is 10.3. The smallest absolute Gasteiger partial charge is 0.121 e. The normalized spacial score (nSPS) is 13.9. The van der Waals surface area contributed by atoms with Crippen LogP contribution in [-0.2, 0) is 5.60 Å². The Morgan fingerprint density at radius 3 is 2.50 bits per heavy atom. The van der Waals surface area contributed by atoms with Gasteiger partial charge in [0.25, 0.3) is 0 Å². The zero-order chi connectivity index (χ0) is 13.0. The number of aliphatic hydroxyl groups is 1. The molecule has 0 radical (unpaired) electrons. The fourth-order valence-corrected chi connectivity index (χ4v) is 1.71. The van der Waals surface area contributed by atoms with Crippen LogP contribution in [0.1, 0.15) is 12.5 Å². The quantitative estimate of drug-likeness (QED) is 0.811. The topological polar surface area (TPSA) is 55.5 Å². The summed E-state index contributed by atoms with van der Waals surface area (Å²) in [6.07, 6.45) is 0. The Morgan fingerprint density at radius 2 is 1.83 bits per heavy atom. The van der Waals surface area contributed by atoms with Crippen LogP contribution in [0.3, 0.4) is 0 Å². The van der Waals surface area contributed by atoms with Crippen molar-refractivity contribution in [2.45, 2.75) is 12.5 Å². The van der Waals surface area contributed by atoms with Crippen molar-refractivity contribution >= 4 is 5.69 Å². The SMILES string of the molecule is CC(O)(COc1cccc(N)c1)c1ccccc1. The van der Waals surface area contributed by atoms with E-state index in [0.717, 1.165) is 5.56 Å². The number of ether oxygens (including phenoxy) is 1. The van der Waals surface area contributed by atoms with Gasteiger partial charge in [0.1, 0.15) is 18.0 Å². The van der Waals surface area contributed by atoms with Gasteiger partial charge in [-0.25, -0.2) is 0 Å². The highest BCUT2D eigenvalue weighted by Crippen LogP contribution is 2.22. The molecule has 0 aliphatic rings. The first-order valence-corrected chi connectivity index (χ1v) is 5.84. The second kappa shape index (κ2) is 5.10. The maximum absolute atomic E-state index is 10.4. The first-order valence-electron chi connectivity index (χ1n) is 5.84. The summed E-state index contributed by atoms with van der Waals surface area (Å²) >= 11 is 0. The molecule has 0 bridgehead atoms. The molecule has 3 heteroatoms. The molecule has 0 aliphatic heterocycles. The van der Waals surface area contributed by atoms with Gasteiger partial charge in [-0.2, -0.15) is 0 Å². The van der Waals surface area contributed by atoms with Crippen LogP contribution in [0.4, 0.5) is 5.69 Å². The highest BCUT2D eigenvalue weighted by Gasteiger charge is 2.23. The molecule has 0 amide bonds. The van der Waals surface area contributed by atoms with Gasteiger partial charge in [-0.05, 0) is 24.6 Å². The predicted octanol–water partition coefficient (Wildman–Crippen LogP) is 2.56. The van der Waals surface area contributed by atoms with E-state index in [0.29, 0.717) is 11.4 Å². The summed E-state index contributed by atoms with van der Waals surface area (Å²) < 4.78 is 5.58. The second-order valence-electron chi connectivity index (χ2n) is 4.50. The minimum atomic E-state index is -1.02. The van der Waals surface area contributed by atoms with Gasteiger partial charge in [-0.3, -0.25) is 0 Å². The molecule has 1 unspecified atom stereocenters. The van der Waals surface area contributed by atoms with Crippen LogP contribution in [0.25, 0.3) is 0 Å². The third kappa shape index (κ3) is 3.02. The van der Waals surface area contributed by atoms with Gasteiger partial charge in [-0.15, -0.1) is 0 Å². The molecule has 0 spiro atoms. The Hall–Kier alpha value is -2.00. The minimum absolute atomic E-state index is 0.181. The number of benzene rings is 2. The number of hydrogen-bond acceptors (Lipinski definition) is 3. The molecule has 2 aromatic carbocycles. The van der Waals surface area contributed by atoms with E-state index in [4.69, 9.17) is 10.5 Å². The maximum Gasteiger partial charge on any atom is 0.121 e. The van der Waals surface area contributed by atoms with Crippen LogP contribution < -0.4 is 10.5 Å². The summed E-state index contributed by atoms with van der Waals surface area (Å²) in [4.78, 5) is 0. The van der Waals surface area contributed by atoms with Gasteiger partial charge >= 0.3 is 0 Å². The third-order valence-corrected chi connectivity index (χ3v) is 2.77. The molecule has 0 saturated carbocycles. The first-order chi connectivity index (χ1) is 8.58. The molecule has 0 saturated heterocycles. The largest absolute Gasteiger partial charge is 0.490 e. The lowest BCUT2D eigenvalue weighted by Gasteiger charge is -2.24. The highest BCUT2D eigenvalue weighted by molar-refractivity contribution is 5.43. The number of anilines is 1. The van der Waals surface area contributed by atoms with Crippen LogP contribution >= 0.6 is 0 Å². The van der Waals surface area contributed by atoms with Crippen LogP contribution in [0.2, 0.25) is 0 Å². The standard InChI is InChI=1S/C15H17NO2/c1-15(17,12-6-3-2-4-7-12)11-18-14-9-5-8-13(16)10-14/h2-10,17H,11,16H2,1H3.